The molecule has 0 aliphatic heterocycles. The number of alkyl halides is 3. The van der Waals surface area contributed by atoms with Gasteiger partial charge in [0.1, 0.15) is 5.75 Å². The normalized spacial score (nSPS) is 11.1. The zero-order valence-electron chi connectivity index (χ0n) is 16.7. The van der Waals surface area contributed by atoms with Gasteiger partial charge in [0.15, 0.2) is 6.61 Å². The SMILES string of the molecule is CN(C)C(=O)COc1cccc(C(=O)Nc2cc(C(F)(F)F)ccc2-n2cccn2)c1. The molecule has 0 unspecified atom stereocenters. The van der Waals surface area contributed by atoms with Crippen LogP contribution < -0.4 is 10.1 Å². The highest BCUT2D eigenvalue weighted by Gasteiger charge is 2.31. The standard InChI is InChI=1S/C21H19F3N4O3/c1-27(2)19(29)13-31-16-6-3-5-14(11-16)20(30)26-17-12-15(21(22,23)24)7-8-18(17)28-10-4-9-25-28/h3-12H,13H2,1-2H3,(H,26,30). The summed E-state index contributed by atoms with van der Waals surface area (Å²) in [5, 5.41) is 6.52. The van der Waals surface area contributed by atoms with Crippen LogP contribution >= 0.6 is 0 Å². The fraction of sp³-hybridized carbons (Fsp3) is 0.190. The van der Waals surface area contributed by atoms with E-state index in [-0.39, 0.29) is 35.2 Å². The second kappa shape index (κ2) is 8.90. The summed E-state index contributed by atoms with van der Waals surface area (Å²) in [6.45, 7) is -0.213. The van der Waals surface area contributed by atoms with Crippen LogP contribution in [0.2, 0.25) is 0 Å². The van der Waals surface area contributed by atoms with Crippen molar-refractivity contribution < 1.29 is 27.5 Å². The summed E-state index contributed by atoms with van der Waals surface area (Å²) in [7, 11) is 3.17. The van der Waals surface area contributed by atoms with Gasteiger partial charge in [0.05, 0.1) is 16.9 Å². The number of nitrogens with one attached hydrogen (secondary N) is 1. The first-order valence-electron chi connectivity index (χ1n) is 9.11. The lowest BCUT2D eigenvalue weighted by Gasteiger charge is -2.15. The largest absolute Gasteiger partial charge is 0.484 e. The minimum Gasteiger partial charge on any atom is -0.484 e. The number of rotatable bonds is 6. The summed E-state index contributed by atoms with van der Waals surface area (Å²) in [4.78, 5) is 25.8. The van der Waals surface area contributed by atoms with Gasteiger partial charge in [-0.25, -0.2) is 4.68 Å². The van der Waals surface area contributed by atoms with Gasteiger partial charge in [0, 0.05) is 32.1 Å². The molecule has 1 heterocycles. The van der Waals surface area contributed by atoms with Gasteiger partial charge in [0.2, 0.25) is 0 Å². The van der Waals surface area contributed by atoms with E-state index in [0.29, 0.717) is 0 Å². The van der Waals surface area contributed by atoms with Gasteiger partial charge in [0.25, 0.3) is 11.8 Å². The Morgan fingerprint density at radius 2 is 1.90 bits per heavy atom. The monoisotopic (exact) mass is 432 g/mol. The summed E-state index contributed by atoms with van der Waals surface area (Å²) in [5.41, 5.74) is -0.537. The summed E-state index contributed by atoms with van der Waals surface area (Å²) in [5.74, 6) is -0.626. The lowest BCUT2D eigenvalue weighted by molar-refractivity contribution is -0.137. The number of hydrogen-bond donors (Lipinski definition) is 1. The lowest BCUT2D eigenvalue weighted by atomic mass is 10.1. The summed E-state index contributed by atoms with van der Waals surface area (Å²) in [6.07, 6.45) is -1.55. The smallest absolute Gasteiger partial charge is 0.416 e. The molecule has 3 rings (SSSR count). The Kier molecular flexibility index (Phi) is 6.28. The fourth-order valence-corrected chi connectivity index (χ4v) is 2.62. The zero-order chi connectivity index (χ0) is 22.6. The van der Waals surface area contributed by atoms with Crippen LogP contribution in [0.15, 0.2) is 60.9 Å². The minimum absolute atomic E-state index is 0.0577. The Morgan fingerprint density at radius 3 is 2.55 bits per heavy atom. The molecular weight excluding hydrogens is 413 g/mol. The number of benzene rings is 2. The minimum atomic E-state index is -4.57. The third-order valence-electron chi connectivity index (χ3n) is 4.28. The van der Waals surface area contributed by atoms with Crippen LogP contribution in [-0.2, 0) is 11.0 Å². The summed E-state index contributed by atoms with van der Waals surface area (Å²) in [6, 6.07) is 10.6. The molecule has 7 nitrogen and oxygen atoms in total. The van der Waals surface area contributed by atoms with Crippen molar-refractivity contribution in [2.75, 3.05) is 26.0 Å². The van der Waals surface area contributed by atoms with Crippen LogP contribution in [-0.4, -0.2) is 47.2 Å². The van der Waals surface area contributed by atoms with E-state index < -0.39 is 17.6 Å². The number of anilines is 1. The zero-order valence-corrected chi connectivity index (χ0v) is 16.7. The van der Waals surface area contributed by atoms with E-state index in [1.54, 1.807) is 38.5 Å². The average Bonchev–Trinajstić information content (AvgIpc) is 3.26. The molecule has 3 aromatic rings. The highest BCUT2D eigenvalue weighted by atomic mass is 19.4. The highest BCUT2D eigenvalue weighted by molar-refractivity contribution is 6.05. The molecule has 0 saturated carbocycles. The number of halogens is 3. The first kappa shape index (κ1) is 21.9. The second-order valence-electron chi connectivity index (χ2n) is 6.74. The van der Waals surface area contributed by atoms with E-state index in [2.05, 4.69) is 10.4 Å². The molecule has 2 amide bonds. The van der Waals surface area contributed by atoms with Crippen LogP contribution in [0.4, 0.5) is 18.9 Å². The number of carbonyl (C=O) groups is 2. The van der Waals surface area contributed by atoms with Gasteiger partial charge < -0.3 is 15.0 Å². The summed E-state index contributed by atoms with van der Waals surface area (Å²) < 4.78 is 46.3. The van der Waals surface area contributed by atoms with Crippen LogP contribution in [0.1, 0.15) is 15.9 Å². The predicted molar refractivity (Wildman–Crippen MR) is 107 cm³/mol. The van der Waals surface area contributed by atoms with Crippen LogP contribution in [0.3, 0.4) is 0 Å². The van der Waals surface area contributed by atoms with Gasteiger partial charge in [-0.3, -0.25) is 9.59 Å². The third-order valence-corrected chi connectivity index (χ3v) is 4.28. The third kappa shape index (κ3) is 5.41. The van der Waals surface area contributed by atoms with Crippen LogP contribution in [0.5, 0.6) is 5.75 Å². The number of carbonyl (C=O) groups excluding carboxylic acids is 2. The predicted octanol–water partition coefficient (Wildman–Crippen LogP) is 3.61. The molecule has 2 aromatic carbocycles. The maximum atomic E-state index is 13.2. The second-order valence-corrected chi connectivity index (χ2v) is 6.74. The first-order chi connectivity index (χ1) is 14.6. The molecule has 0 atom stereocenters. The number of ether oxygens (including phenoxy) is 1. The van der Waals surface area contributed by atoms with Gasteiger partial charge in [-0.1, -0.05) is 6.07 Å². The van der Waals surface area contributed by atoms with Crippen LogP contribution in [0, 0.1) is 0 Å². The molecule has 1 aromatic heterocycles. The quantitative estimate of drug-likeness (QED) is 0.646. The molecule has 162 valence electrons. The van der Waals surface area contributed by atoms with Crippen molar-refractivity contribution in [3.63, 3.8) is 0 Å². The molecule has 0 spiro atoms. The molecule has 31 heavy (non-hydrogen) atoms. The Labute approximate surface area is 176 Å². The van der Waals surface area contributed by atoms with E-state index in [1.165, 1.54) is 34.0 Å². The lowest BCUT2D eigenvalue weighted by Crippen LogP contribution is -2.27. The van der Waals surface area contributed by atoms with Gasteiger partial charge in [-0.05, 0) is 42.5 Å². The Bertz CT molecular complexity index is 1080. The highest BCUT2D eigenvalue weighted by Crippen LogP contribution is 2.33. The van der Waals surface area contributed by atoms with Crippen molar-refractivity contribution in [3.8, 4) is 11.4 Å². The van der Waals surface area contributed by atoms with Crippen molar-refractivity contribution in [3.05, 3.63) is 72.1 Å². The topological polar surface area (TPSA) is 76.5 Å². The van der Waals surface area contributed by atoms with E-state index >= 15 is 0 Å². The van der Waals surface area contributed by atoms with Crippen LogP contribution in [0.25, 0.3) is 5.69 Å². The van der Waals surface area contributed by atoms with Crippen molar-refractivity contribution >= 4 is 17.5 Å². The fourth-order valence-electron chi connectivity index (χ4n) is 2.62. The van der Waals surface area contributed by atoms with Crippen molar-refractivity contribution in [1.29, 1.82) is 0 Å². The Hall–Kier alpha value is -3.82. The van der Waals surface area contributed by atoms with E-state index in [0.717, 1.165) is 12.1 Å². The maximum absolute atomic E-state index is 13.2. The maximum Gasteiger partial charge on any atom is 0.416 e. The molecule has 10 heteroatoms. The molecule has 1 N–H and O–H groups in total. The number of hydrogen-bond acceptors (Lipinski definition) is 4. The molecule has 0 aliphatic rings. The number of nitrogens with zero attached hydrogens (tertiary/aromatic N) is 3. The Morgan fingerprint density at radius 1 is 1.13 bits per heavy atom. The van der Waals surface area contributed by atoms with Crippen molar-refractivity contribution in [2.24, 2.45) is 0 Å². The van der Waals surface area contributed by atoms with Gasteiger partial charge in [-0.2, -0.15) is 18.3 Å². The Balaban J connectivity index is 1.86. The molecule has 0 saturated heterocycles. The summed E-state index contributed by atoms with van der Waals surface area (Å²) >= 11 is 0. The van der Waals surface area contributed by atoms with Gasteiger partial charge in [-0.15, -0.1) is 0 Å². The van der Waals surface area contributed by atoms with Crippen molar-refractivity contribution in [2.45, 2.75) is 6.18 Å². The molecular formula is C21H19F3N4O3. The van der Waals surface area contributed by atoms with Gasteiger partial charge >= 0.3 is 6.18 Å². The number of aromatic nitrogens is 2. The molecule has 0 radical (unpaired) electrons. The van der Waals surface area contributed by atoms with E-state index in [1.807, 2.05) is 0 Å². The molecule has 0 fully saturated rings. The first-order valence-corrected chi connectivity index (χ1v) is 9.11. The number of amides is 2. The molecule has 0 aliphatic carbocycles. The van der Waals surface area contributed by atoms with E-state index in [4.69, 9.17) is 4.74 Å². The van der Waals surface area contributed by atoms with Crippen molar-refractivity contribution in [1.82, 2.24) is 14.7 Å². The van der Waals surface area contributed by atoms with E-state index in [9.17, 15) is 22.8 Å². The molecule has 0 bridgehead atoms. The average molecular weight is 432 g/mol. The number of likely N-dealkylation sites (N-methyl/N-ethyl adjacent to an activating group) is 1.